The second-order valence-electron chi connectivity index (χ2n) is 8.62. The van der Waals surface area contributed by atoms with E-state index in [0.29, 0.717) is 17.2 Å². The van der Waals surface area contributed by atoms with Crippen LogP contribution < -0.4 is 20.2 Å². The number of carbonyl (C=O) groups excluding carboxylic acids is 3. The van der Waals surface area contributed by atoms with Gasteiger partial charge < -0.3 is 14.8 Å². The molecule has 0 spiro atoms. The summed E-state index contributed by atoms with van der Waals surface area (Å²) in [6.45, 7) is 0.222. The highest BCUT2D eigenvalue weighted by molar-refractivity contribution is 7.80. The molecule has 0 saturated carbocycles. The van der Waals surface area contributed by atoms with Gasteiger partial charge in [-0.3, -0.25) is 24.7 Å². The van der Waals surface area contributed by atoms with Crippen LogP contribution in [0.2, 0.25) is 0 Å². The number of amides is 3. The molecule has 2 N–H and O–H groups in total. The molecule has 3 amide bonds. The molecule has 1 atom stereocenters. The van der Waals surface area contributed by atoms with Crippen LogP contribution in [0.15, 0.2) is 78.9 Å². The van der Waals surface area contributed by atoms with E-state index in [-0.39, 0.29) is 36.3 Å². The van der Waals surface area contributed by atoms with Gasteiger partial charge >= 0.3 is 0 Å². The quantitative estimate of drug-likeness (QED) is 0.387. The Morgan fingerprint density at radius 2 is 1.45 bits per heavy atom. The predicted octanol–water partition coefficient (Wildman–Crippen LogP) is 3.30. The van der Waals surface area contributed by atoms with E-state index in [9.17, 15) is 14.4 Å². The molecule has 38 heavy (non-hydrogen) atoms. The molecule has 3 aromatic rings. The largest absolute Gasteiger partial charge is 0.497 e. The topological polar surface area (TPSA) is 100 Å². The lowest BCUT2D eigenvalue weighted by Crippen LogP contribution is -2.50. The fourth-order valence-corrected chi connectivity index (χ4v) is 4.36. The van der Waals surface area contributed by atoms with Crippen molar-refractivity contribution in [2.45, 2.75) is 25.4 Å². The van der Waals surface area contributed by atoms with Gasteiger partial charge in [0.05, 0.1) is 33.6 Å². The van der Waals surface area contributed by atoms with E-state index in [2.05, 4.69) is 10.7 Å². The highest BCUT2D eigenvalue weighted by Gasteiger charge is 2.44. The molecule has 1 aliphatic rings. The summed E-state index contributed by atoms with van der Waals surface area (Å²) in [6.07, 6.45) is -0.153. The van der Waals surface area contributed by atoms with Gasteiger partial charge in [-0.05, 0) is 59.7 Å². The lowest BCUT2D eigenvalue weighted by Gasteiger charge is -2.24. The fraction of sp³-hybridized carbons (Fsp3) is 0.214. The van der Waals surface area contributed by atoms with Gasteiger partial charge in [-0.2, -0.15) is 0 Å². The Kier molecular flexibility index (Phi) is 8.55. The Hall–Kier alpha value is -4.44. The number of hydrogen-bond acceptors (Lipinski definition) is 6. The molecule has 10 heteroatoms. The van der Waals surface area contributed by atoms with Gasteiger partial charge in [-0.25, -0.2) is 5.01 Å². The fourth-order valence-electron chi connectivity index (χ4n) is 4.03. The van der Waals surface area contributed by atoms with Gasteiger partial charge in [-0.15, -0.1) is 0 Å². The molecule has 0 aromatic heterocycles. The SMILES string of the molecule is COc1ccc(CC(=O)NN2C(=S)N(Cc3ccccc3)C(=O)C2CC(=O)Nc2ccc(OC)cc2)cc1. The number of carbonyl (C=O) groups is 3. The van der Waals surface area contributed by atoms with Crippen molar-refractivity contribution >= 4 is 40.7 Å². The number of rotatable bonds is 10. The van der Waals surface area contributed by atoms with Crippen LogP contribution in [0.1, 0.15) is 17.5 Å². The molecule has 0 bridgehead atoms. The highest BCUT2D eigenvalue weighted by atomic mass is 32.1. The first-order valence-electron chi connectivity index (χ1n) is 11.9. The first-order valence-corrected chi connectivity index (χ1v) is 12.3. The normalized spacial score (nSPS) is 14.8. The van der Waals surface area contributed by atoms with Gasteiger partial charge in [-0.1, -0.05) is 42.5 Å². The van der Waals surface area contributed by atoms with Gasteiger partial charge in [0.1, 0.15) is 17.5 Å². The lowest BCUT2D eigenvalue weighted by molar-refractivity contribution is -0.132. The number of anilines is 1. The van der Waals surface area contributed by atoms with Gasteiger partial charge in [0, 0.05) is 5.69 Å². The van der Waals surface area contributed by atoms with E-state index in [1.54, 1.807) is 62.8 Å². The Bertz CT molecular complexity index is 1220. The second-order valence-corrected chi connectivity index (χ2v) is 8.98. The molecule has 1 heterocycles. The van der Waals surface area contributed by atoms with Crippen LogP contribution >= 0.6 is 12.2 Å². The van der Waals surface area contributed by atoms with Crippen LogP contribution in [0.3, 0.4) is 0 Å². The van der Waals surface area contributed by atoms with E-state index in [4.69, 9.17) is 21.7 Å². The van der Waals surface area contributed by atoms with E-state index in [1.807, 2.05) is 30.3 Å². The van der Waals surface area contributed by atoms with Crippen LogP contribution in [0.5, 0.6) is 11.5 Å². The molecular weight excluding hydrogens is 504 g/mol. The van der Waals surface area contributed by atoms with E-state index in [1.165, 1.54) is 9.91 Å². The van der Waals surface area contributed by atoms with Crippen LogP contribution in [0.25, 0.3) is 0 Å². The van der Waals surface area contributed by atoms with E-state index >= 15 is 0 Å². The van der Waals surface area contributed by atoms with Crippen molar-refractivity contribution in [1.29, 1.82) is 0 Å². The summed E-state index contributed by atoms with van der Waals surface area (Å²) < 4.78 is 10.3. The standard InChI is InChI=1S/C28H28N4O5S/c1-36-22-12-8-19(9-13-22)16-26(34)30-32-24(17-25(33)29-21-10-14-23(37-2)15-11-21)27(35)31(28(32)38)18-20-6-4-3-5-7-20/h3-15,24H,16-18H2,1-2H3,(H,29,33)(H,30,34). The van der Waals surface area contributed by atoms with Crippen molar-refractivity contribution in [3.63, 3.8) is 0 Å². The second kappa shape index (κ2) is 12.2. The van der Waals surface area contributed by atoms with Crippen molar-refractivity contribution < 1.29 is 23.9 Å². The Labute approximate surface area is 226 Å². The third kappa shape index (κ3) is 6.46. The monoisotopic (exact) mass is 532 g/mol. The molecule has 4 rings (SSSR count). The summed E-state index contributed by atoms with van der Waals surface area (Å²) in [4.78, 5) is 40.7. The zero-order chi connectivity index (χ0) is 27.1. The third-order valence-electron chi connectivity index (χ3n) is 6.00. The summed E-state index contributed by atoms with van der Waals surface area (Å²) in [7, 11) is 3.13. The molecule has 1 aliphatic heterocycles. The number of thiocarbonyl (C=S) groups is 1. The average Bonchev–Trinajstić information content (AvgIpc) is 3.13. The molecule has 0 radical (unpaired) electrons. The maximum Gasteiger partial charge on any atom is 0.254 e. The minimum absolute atomic E-state index is 0.0563. The predicted molar refractivity (Wildman–Crippen MR) is 146 cm³/mol. The molecule has 3 aromatic carbocycles. The highest BCUT2D eigenvalue weighted by Crippen LogP contribution is 2.23. The van der Waals surface area contributed by atoms with E-state index < -0.39 is 11.9 Å². The Balaban J connectivity index is 1.49. The third-order valence-corrected chi connectivity index (χ3v) is 6.42. The minimum Gasteiger partial charge on any atom is -0.497 e. The number of nitrogens with zero attached hydrogens (tertiary/aromatic N) is 2. The first kappa shape index (κ1) is 26.6. The van der Waals surface area contributed by atoms with Crippen molar-refractivity contribution in [3.8, 4) is 11.5 Å². The van der Waals surface area contributed by atoms with Crippen molar-refractivity contribution in [2.75, 3.05) is 19.5 Å². The number of methoxy groups -OCH3 is 2. The van der Waals surface area contributed by atoms with Crippen molar-refractivity contribution in [1.82, 2.24) is 15.3 Å². The lowest BCUT2D eigenvalue weighted by atomic mass is 10.1. The summed E-state index contributed by atoms with van der Waals surface area (Å²) in [5.74, 6) is 0.204. The summed E-state index contributed by atoms with van der Waals surface area (Å²) >= 11 is 5.60. The summed E-state index contributed by atoms with van der Waals surface area (Å²) in [5.41, 5.74) is 4.94. The molecular formula is C28H28N4O5S. The summed E-state index contributed by atoms with van der Waals surface area (Å²) in [5, 5.41) is 4.23. The summed E-state index contributed by atoms with van der Waals surface area (Å²) in [6, 6.07) is 22.3. The van der Waals surface area contributed by atoms with Crippen LogP contribution in [0, 0.1) is 0 Å². The smallest absolute Gasteiger partial charge is 0.254 e. The van der Waals surface area contributed by atoms with Gasteiger partial charge in [0.2, 0.25) is 11.8 Å². The Morgan fingerprint density at radius 3 is 2.05 bits per heavy atom. The van der Waals surface area contributed by atoms with Crippen molar-refractivity contribution in [2.24, 2.45) is 0 Å². The van der Waals surface area contributed by atoms with Gasteiger partial charge in [0.25, 0.3) is 5.91 Å². The van der Waals surface area contributed by atoms with Crippen LogP contribution in [-0.2, 0) is 27.3 Å². The maximum absolute atomic E-state index is 13.4. The zero-order valence-electron chi connectivity index (χ0n) is 21.0. The van der Waals surface area contributed by atoms with Crippen LogP contribution in [0.4, 0.5) is 5.69 Å². The van der Waals surface area contributed by atoms with Crippen molar-refractivity contribution in [3.05, 3.63) is 90.0 Å². The molecule has 0 aliphatic carbocycles. The zero-order valence-corrected chi connectivity index (χ0v) is 21.9. The number of hydrogen-bond donors (Lipinski definition) is 2. The average molecular weight is 533 g/mol. The number of nitrogens with one attached hydrogen (secondary N) is 2. The number of hydrazine groups is 1. The molecule has 1 unspecified atom stereocenters. The minimum atomic E-state index is -0.996. The number of ether oxygens (including phenoxy) is 2. The molecule has 196 valence electrons. The van der Waals surface area contributed by atoms with Gasteiger partial charge in [0.15, 0.2) is 5.11 Å². The van der Waals surface area contributed by atoms with E-state index in [0.717, 1.165) is 11.1 Å². The Morgan fingerprint density at radius 1 is 0.842 bits per heavy atom. The molecule has 1 fully saturated rings. The molecule has 1 saturated heterocycles. The first-order chi connectivity index (χ1) is 18.4. The molecule has 9 nitrogen and oxygen atoms in total. The van der Waals surface area contributed by atoms with Crippen LogP contribution in [-0.4, -0.2) is 53.0 Å². The maximum atomic E-state index is 13.4. The number of benzene rings is 3.